The number of thiocarbonyl (C=S) groups is 1. The van der Waals surface area contributed by atoms with E-state index in [0.29, 0.717) is 27.1 Å². The van der Waals surface area contributed by atoms with Crippen molar-refractivity contribution in [3.63, 3.8) is 0 Å². The largest absolute Gasteiger partial charge is 0.351 e. The molecule has 0 fully saturated rings. The maximum Gasteiger partial charge on any atom is 0.255 e. The first-order chi connectivity index (χ1) is 11.9. The van der Waals surface area contributed by atoms with Crippen molar-refractivity contribution in [3.05, 3.63) is 74.9 Å². The number of anilines is 1. The molecule has 3 rings (SSSR count). The summed E-state index contributed by atoms with van der Waals surface area (Å²) in [7, 11) is 0. The average Bonchev–Trinajstić information content (AvgIpc) is 2.54. The molecule has 1 atom stereocenters. The van der Waals surface area contributed by atoms with Crippen LogP contribution in [-0.4, -0.2) is 11.0 Å². The van der Waals surface area contributed by atoms with Crippen LogP contribution >= 0.6 is 39.7 Å². The second-order valence-corrected chi connectivity index (χ2v) is 7.35. The number of halogens is 2. The number of amides is 1. The third-order valence-electron chi connectivity index (χ3n) is 3.78. The van der Waals surface area contributed by atoms with E-state index in [-0.39, 0.29) is 11.9 Å². The number of benzene rings is 2. The monoisotopic (exact) mass is 435 g/mol. The minimum atomic E-state index is -0.342. The van der Waals surface area contributed by atoms with Gasteiger partial charge in [0.25, 0.3) is 5.91 Å². The van der Waals surface area contributed by atoms with E-state index in [9.17, 15) is 4.79 Å². The number of allylic oxidation sites excluding steroid dienone is 1. The molecule has 4 nitrogen and oxygen atoms in total. The lowest BCUT2D eigenvalue weighted by molar-refractivity contribution is -0.113. The number of hydrogen-bond donors (Lipinski definition) is 3. The summed E-state index contributed by atoms with van der Waals surface area (Å²) < 4.78 is 0.934. The summed E-state index contributed by atoms with van der Waals surface area (Å²) in [5, 5.41) is 10.1. The lowest BCUT2D eigenvalue weighted by atomic mass is 9.95. The van der Waals surface area contributed by atoms with E-state index >= 15 is 0 Å². The molecule has 2 aromatic rings. The van der Waals surface area contributed by atoms with Crippen LogP contribution in [0.3, 0.4) is 0 Å². The Labute approximate surface area is 164 Å². The Kier molecular flexibility index (Phi) is 5.42. The SMILES string of the molecule is CC1=C(C(=O)Nc2cccc(Cl)c2)[C@H](c2cccc(Br)c2)NC(=S)N1. The fraction of sp³-hybridized carbons (Fsp3) is 0.111. The predicted octanol–water partition coefficient (Wildman–Crippen LogP) is 4.53. The second kappa shape index (κ2) is 7.56. The van der Waals surface area contributed by atoms with Crippen LogP contribution in [0.25, 0.3) is 0 Å². The number of hydrogen-bond acceptors (Lipinski definition) is 2. The van der Waals surface area contributed by atoms with E-state index < -0.39 is 0 Å². The zero-order valence-electron chi connectivity index (χ0n) is 13.3. The van der Waals surface area contributed by atoms with Gasteiger partial charge in [-0.3, -0.25) is 4.79 Å². The molecule has 0 aromatic heterocycles. The molecule has 0 bridgehead atoms. The zero-order chi connectivity index (χ0) is 18.0. The van der Waals surface area contributed by atoms with Gasteiger partial charge in [-0.25, -0.2) is 0 Å². The fourth-order valence-corrected chi connectivity index (χ4v) is 3.57. The quantitative estimate of drug-likeness (QED) is 0.619. The van der Waals surface area contributed by atoms with Crippen LogP contribution in [0.1, 0.15) is 18.5 Å². The predicted molar refractivity (Wildman–Crippen MR) is 109 cm³/mol. The number of nitrogens with one attached hydrogen (secondary N) is 3. The van der Waals surface area contributed by atoms with Crippen molar-refractivity contribution in [1.82, 2.24) is 10.6 Å². The highest BCUT2D eigenvalue weighted by Crippen LogP contribution is 2.29. The van der Waals surface area contributed by atoms with Crippen molar-refractivity contribution in [1.29, 1.82) is 0 Å². The highest BCUT2D eigenvalue weighted by Gasteiger charge is 2.30. The molecule has 128 valence electrons. The molecular weight excluding hydrogens is 422 g/mol. The second-order valence-electron chi connectivity index (χ2n) is 5.59. The molecule has 0 unspecified atom stereocenters. The van der Waals surface area contributed by atoms with Crippen LogP contribution in [0.4, 0.5) is 5.69 Å². The highest BCUT2D eigenvalue weighted by molar-refractivity contribution is 9.10. The Morgan fingerprint density at radius 1 is 1.24 bits per heavy atom. The van der Waals surface area contributed by atoms with Crippen LogP contribution in [-0.2, 0) is 4.79 Å². The Hall–Kier alpha value is -1.89. The van der Waals surface area contributed by atoms with Crippen molar-refractivity contribution >= 4 is 56.5 Å². The lowest BCUT2D eigenvalue weighted by Gasteiger charge is -2.30. The standard InChI is InChI=1S/C18H15BrClN3OS/c1-10-15(17(24)22-14-7-3-6-13(20)9-14)16(23-18(25)21-10)11-4-2-5-12(19)8-11/h2-9,16H,1H3,(H,22,24)(H2,21,23,25)/t16-/m0/s1. The molecule has 7 heteroatoms. The molecule has 25 heavy (non-hydrogen) atoms. The van der Waals surface area contributed by atoms with Gasteiger partial charge in [0.1, 0.15) is 0 Å². The van der Waals surface area contributed by atoms with Gasteiger partial charge < -0.3 is 16.0 Å². The normalized spacial score (nSPS) is 16.9. The summed E-state index contributed by atoms with van der Waals surface area (Å²) in [5.41, 5.74) is 2.87. The molecule has 0 saturated carbocycles. The van der Waals surface area contributed by atoms with Crippen molar-refractivity contribution < 1.29 is 4.79 Å². The molecule has 0 radical (unpaired) electrons. The van der Waals surface area contributed by atoms with Gasteiger partial charge in [-0.15, -0.1) is 0 Å². The molecule has 1 amide bonds. The van der Waals surface area contributed by atoms with Gasteiger partial charge in [0.05, 0.1) is 11.6 Å². The van der Waals surface area contributed by atoms with Gasteiger partial charge in [0.2, 0.25) is 0 Å². The van der Waals surface area contributed by atoms with Gasteiger partial charge in [-0.05, 0) is 55.0 Å². The Bertz CT molecular complexity index is 884. The number of carbonyl (C=O) groups excluding carboxylic acids is 1. The van der Waals surface area contributed by atoms with E-state index in [0.717, 1.165) is 10.0 Å². The summed E-state index contributed by atoms with van der Waals surface area (Å²) in [4.78, 5) is 12.9. The lowest BCUT2D eigenvalue weighted by Crippen LogP contribution is -2.45. The van der Waals surface area contributed by atoms with E-state index in [1.54, 1.807) is 24.3 Å². The van der Waals surface area contributed by atoms with Crippen molar-refractivity contribution in [2.24, 2.45) is 0 Å². The molecule has 0 spiro atoms. The minimum absolute atomic E-state index is 0.216. The van der Waals surface area contributed by atoms with Crippen LogP contribution in [0.2, 0.25) is 5.02 Å². The van der Waals surface area contributed by atoms with Crippen molar-refractivity contribution in [3.8, 4) is 0 Å². The smallest absolute Gasteiger partial charge is 0.255 e. The summed E-state index contributed by atoms with van der Waals surface area (Å²) >= 11 is 14.7. The summed E-state index contributed by atoms with van der Waals surface area (Å²) in [5.74, 6) is -0.216. The van der Waals surface area contributed by atoms with E-state index in [2.05, 4.69) is 31.9 Å². The fourth-order valence-electron chi connectivity index (χ4n) is 2.70. The third-order valence-corrected chi connectivity index (χ3v) is 4.73. The Balaban J connectivity index is 1.96. The van der Waals surface area contributed by atoms with E-state index in [4.69, 9.17) is 23.8 Å². The summed E-state index contributed by atoms with van der Waals surface area (Å²) in [6.45, 7) is 1.84. The molecule has 0 aliphatic carbocycles. The molecule has 1 heterocycles. The van der Waals surface area contributed by atoms with Crippen molar-refractivity contribution in [2.75, 3.05) is 5.32 Å². The van der Waals surface area contributed by atoms with Crippen LogP contribution in [0, 0.1) is 0 Å². The molecule has 1 aliphatic rings. The maximum atomic E-state index is 12.9. The van der Waals surface area contributed by atoms with E-state index in [1.807, 2.05) is 31.2 Å². The molecule has 1 aliphatic heterocycles. The van der Waals surface area contributed by atoms with Crippen LogP contribution < -0.4 is 16.0 Å². The summed E-state index contributed by atoms with van der Waals surface area (Å²) in [6, 6.07) is 14.5. The van der Waals surface area contributed by atoms with E-state index in [1.165, 1.54) is 0 Å². The maximum absolute atomic E-state index is 12.9. The number of rotatable bonds is 3. The first-order valence-corrected chi connectivity index (χ1v) is 9.12. The van der Waals surface area contributed by atoms with Gasteiger partial charge in [0, 0.05) is 20.9 Å². The van der Waals surface area contributed by atoms with Crippen LogP contribution in [0.5, 0.6) is 0 Å². The average molecular weight is 437 g/mol. The van der Waals surface area contributed by atoms with Gasteiger partial charge in [-0.1, -0.05) is 45.7 Å². The topological polar surface area (TPSA) is 53.2 Å². The molecule has 0 saturated heterocycles. The highest BCUT2D eigenvalue weighted by atomic mass is 79.9. The third kappa shape index (κ3) is 4.21. The molecule has 3 N–H and O–H groups in total. The molecule has 2 aromatic carbocycles. The van der Waals surface area contributed by atoms with Gasteiger partial charge >= 0.3 is 0 Å². The minimum Gasteiger partial charge on any atom is -0.351 e. The molecular formula is C18H15BrClN3OS. The number of carbonyl (C=O) groups is 1. The Morgan fingerprint density at radius 2 is 2.00 bits per heavy atom. The van der Waals surface area contributed by atoms with Gasteiger partial charge in [0.15, 0.2) is 5.11 Å². The van der Waals surface area contributed by atoms with Gasteiger partial charge in [-0.2, -0.15) is 0 Å². The zero-order valence-corrected chi connectivity index (χ0v) is 16.4. The first kappa shape index (κ1) is 17.9. The Morgan fingerprint density at radius 3 is 2.72 bits per heavy atom. The first-order valence-electron chi connectivity index (χ1n) is 7.54. The summed E-state index contributed by atoms with van der Waals surface area (Å²) in [6.07, 6.45) is 0. The van der Waals surface area contributed by atoms with Crippen molar-refractivity contribution in [2.45, 2.75) is 13.0 Å². The van der Waals surface area contributed by atoms with Crippen LogP contribution in [0.15, 0.2) is 64.3 Å².